The number of aliphatic carboxylic acids is 3. The number of methoxy groups -OCH3 is 1. The van der Waals surface area contributed by atoms with Crippen LogP contribution in [0.15, 0.2) is 48.8 Å². The van der Waals surface area contributed by atoms with Gasteiger partial charge in [-0.25, -0.2) is 14.4 Å². The third-order valence-electron chi connectivity index (χ3n) is 6.94. The number of rotatable bonds is 9. The van der Waals surface area contributed by atoms with Gasteiger partial charge in [-0.1, -0.05) is 19.1 Å². The molecular formula is C32H36F9N5O9. The number of aromatic nitrogens is 2. The Balaban J connectivity index is 0.000000588. The number of ether oxygens (including phenoxy) is 2. The van der Waals surface area contributed by atoms with Crippen LogP contribution in [0.2, 0.25) is 0 Å². The molecule has 0 bridgehead atoms. The summed E-state index contributed by atoms with van der Waals surface area (Å²) in [4.78, 5) is 44.4. The lowest BCUT2D eigenvalue weighted by molar-refractivity contribution is -0.193. The molecule has 1 aliphatic rings. The molecule has 23 heteroatoms. The fourth-order valence-electron chi connectivity index (χ4n) is 4.22. The molecule has 0 unspecified atom stereocenters. The fourth-order valence-corrected chi connectivity index (χ4v) is 4.22. The van der Waals surface area contributed by atoms with Gasteiger partial charge in [-0.2, -0.15) is 44.6 Å². The zero-order chi connectivity index (χ0) is 42.3. The summed E-state index contributed by atoms with van der Waals surface area (Å²) in [5.41, 5.74) is 5.00. The molecule has 0 saturated carbocycles. The second kappa shape index (κ2) is 20.8. The molecule has 0 spiro atoms. The van der Waals surface area contributed by atoms with Gasteiger partial charge in [-0.05, 0) is 68.0 Å². The van der Waals surface area contributed by atoms with Gasteiger partial charge in [0, 0.05) is 24.8 Å². The summed E-state index contributed by atoms with van der Waals surface area (Å²) in [5.74, 6) is -6.85. The molecule has 14 nitrogen and oxygen atoms in total. The smallest absolute Gasteiger partial charge is 0.490 e. The van der Waals surface area contributed by atoms with Crippen molar-refractivity contribution in [1.82, 2.24) is 20.0 Å². The zero-order valence-corrected chi connectivity index (χ0v) is 29.3. The van der Waals surface area contributed by atoms with Crippen LogP contribution in [0.25, 0.3) is 11.1 Å². The quantitative estimate of drug-likeness (QED) is 0.175. The number of aromatic amines is 1. The van der Waals surface area contributed by atoms with Gasteiger partial charge in [0.05, 0.1) is 25.0 Å². The van der Waals surface area contributed by atoms with Crippen molar-refractivity contribution in [3.63, 3.8) is 0 Å². The maximum absolute atomic E-state index is 13.5. The summed E-state index contributed by atoms with van der Waals surface area (Å²) in [6.07, 6.45) is -11.0. The van der Waals surface area contributed by atoms with E-state index in [9.17, 15) is 44.3 Å². The van der Waals surface area contributed by atoms with E-state index in [2.05, 4.69) is 38.3 Å². The molecule has 4 rings (SSSR count). The van der Waals surface area contributed by atoms with Crippen LogP contribution in [0.1, 0.15) is 18.1 Å². The number of halogens is 9. The SMILES string of the molecule is CCN1Cc2ccc(OC)cc2C[C@@H]1C(=O)Nc1ccc(-c2cn[nH]c2)cc1OCCN(C)C.O=C(O)C(F)(F)F.O=C(O)C(F)(F)F.O=C(O)C(F)(F)F. The van der Waals surface area contributed by atoms with Crippen LogP contribution in [0, 0.1) is 0 Å². The van der Waals surface area contributed by atoms with E-state index in [0.717, 1.165) is 42.1 Å². The lowest BCUT2D eigenvalue weighted by Crippen LogP contribution is -2.47. The Morgan fingerprint density at radius 3 is 1.85 bits per heavy atom. The van der Waals surface area contributed by atoms with Crippen molar-refractivity contribution in [2.75, 3.05) is 46.2 Å². The molecule has 0 aliphatic carbocycles. The Morgan fingerprint density at radius 1 is 0.873 bits per heavy atom. The number of carbonyl (C=O) groups is 4. The van der Waals surface area contributed by atoms with Crippen LogP contribution in [-0.2, 0) is 32.1 Å². The monoisotopic (exact) mass is 805 g/mol. The molecule has 5 N–H and O–H groups in total. The number of nitrogens with one attached hydrogen (secondary N) is 2. The number of anilines is 1. The Morgan fingerprint density at radius 2 is 1.42 bits per heavy atom. The number of alkyl halides is 9. The number of fused-ring (bicyclic) bond motifs is 1. The van der Waals surface area contributed by atoms with Gasteiger partial charge >= 0.3 is 36.4 Å². The highest BCUT2D eigenvalue weighted by Crippen LogP contribution is 2.32. The Kier molecular flexibility index (Phi) is 17.9. The van der Waals surface area contributed by atoms with E-state index in [-0.39, 0.29) is 11.9 Å². The van der Waals surface area contributed by atoms with Gasteiger partial charge in [0.25, 0.3) is 0 Å². The van der Waals surface area contributed by atoms with E-state index < -0.39 is 36.4 Å². The molecule has 1 amide bonds. The summed E-state index contributed by atoms with van der Waals surface area (Å²) in [6, 6.07) is 11.7. The molecule has 1 aromatic heterocycles. The number of amides is 1. The number of carboxylic acids is 3. The van der Waals surface area contributed by atoms with Crippen molar-refractivity contribution >= 4 is 29.5 Å². The topological polar surface area (TPSA) is 195 Å². The van der Waals surface area contributed by atoms with Gasteiger partial charge in [0.2, 0.25) is 5.91 Å². The van der Waals surface area contributed by atoms with Crippen molar-refractivity contribution in [2.24, 2.45) is 0 Å². The third kappa shape index (κ3) is 16.5. The van der Waals surface area contributed by atoms with E-state index in [4.69, 9.17) is 39.2 Å². The summed E-state index contributed by atoms with van der Waals surface area (Å²) >= 11 is 0. The first-order chi connectivity index (χ1) is 25.3. The number of benzene rings is 2. The van der Waals surface area contributed by atoms with E-state index >= 15 is 0 Å². The molecular weight excluding hydrogens is 769 g/mol. The van der Waals surface area contributed by atoms with Crippen molar-refractivity contribution in [2.45, 2.75) is 44.5 Å². The minimum atomic E-state index is -5.08. The normalized spacial score (nSPS) is 14.0. The Hall–Kier alpha value is -5.58. The first-order valence-corrected chi connectivity index (χ1v) is 15.3. The second-order valence-electron chi connectivity index (χ2n) is 11.2. The van der Waals surface area contributed by atoms with Gasteiger partial charge in [0.1, 0.15) is 18.1 Å². The standard InChI is InChI=1S/C26H33N5O3.3C2HF3O2/c1-5-31-17-19-6-8-22(33-4)12-20(19)13-24(31)26(32)29-23-9-7-18(21-15-27-28-16-21)14-25(23)34-11-10-30(2)3;3*3-2(4,5)1(6)7/h6-9,12,14-16,24H,5,10-11,13,17H2,1-4H3,(H,27,28)(H,29,32);3*(H,6,7)/t24-;;;/m1.../s1. The largest absolute Gasteiger partial charge is 0.497 e. The molecule has 55 heavy (non-hydrogen) atoms. The number of hydrogen-bond acceptors (Lipinski definition) is 9. The molecule has 0 fully saturated rings. The Labute approximate surface area is 306 Å². The average Bonchev–Trinajstić information content (AvgIpc) is 3.63. The Bertz CT molecular complexity index is 1660. The maximum atomic E-state index is 13.5. The molecule has 1 aliphatic heterocycles. The van der Waals surface area contributed by atoms with Crippen LogP contribution < -0.4 is 14.8 Å². The van der Waals surface area contributed by atoms with E-state index in [0.29, 0.717) is 24.5 Å². The van der Waals surface area contributed by atoms with Crippen LogP contribution in [0.5, 0.6) is 11.5 Å². The van der Waals surface area contributed by atoms with Gasteiger partial charge in [0.15, 0.2) is 0 Å². The highest BCUT2D eigenvalue weighted by molar-refractivity contribution is 5.97. The number of hydrogen-bond donors (Lipinski definition) is 5. The summed E-state index contributed by atoms with van der Waals surface area (Å²) in [7, 11) is 5.67. The number of H-pyrrole nitrogens is 1. The number of carboxylic acid groups (broad SMARTS) is 3. The molecule has 0 saturated heterocycles. The lowest BCUT2D eigenvalue weighted by Gasteiger charge is -2.35. The van der Waals surface area contributed by atoms with Gasteiger partial charge in [-0.3, -0.25) is 14.8 Å². The second-order valence-corrected chi connectivity index (χ2v) is 11.2. The highest BCUT2D eigenvalue weighted by Gasteiger charge is 2.39. The molecule has 1 atom stereocenters. The maximum Gasteiger partial charge on any atom is 0.490 e. The van der Waals surface area contributed by atoms with Crippen molar-refractivity contribution < 1.29 is 83.5 Å². The molecule has 0 radical (unpaired) electrons. The van der Waals surface area contributed by atoms with E-state index in [1.54, 1.807) is 13.3 Å². The predicted octanol–water partition coefficient (Wildman–Crippen LogP) is 5.31. The number of carbonyl (C=O) groups excluding carboxylic acids is 1. The first kappa shape index (κ1) is 47.4. The van der Waals surface area contributed by atoms with Crippen molar-refractivity contribution in [1.29, 1.82) is 0 Å². The van der Waals surface area contributed by atoms with Crippen LogP contribution in [0.3, 0.4) is 0 Å². The zero-order valence-electron chi connectivity index (χ0n) is 29.3. The summed E-state index contributed by atoms with van der Waals surface area (Å²) < 4.78 is 107. The molecule has 306 valence electrons. The molecule has 2 aromatic carbocycles. The van der Waals surface area contributed by atoms with Crippen LogP contribution >= 0.6 is 0 Å². The summed E-state index contributed by atoms with van der Waals surface area (Å²) in [5, 5.41) is 31.4. The lowest BCUT2D eigenvalue weighted by atomic mass is 9.93. The molecule has 2 heterocycles. The van der Waals surface area contributed by atoms with Crippen LogP contribution in [-0.4, -0.2) is 125 Å². The van der Waals surface area contributed by atoms with Crippen molar-refractivity contribution in [3.8, 4) is 22.6 Å². The number of nitrogens with zero attached hydrogens (tertiary/aromatic N) is 3. The third-order valence-corrected chi connectivity index (χ3v) is 6.94. The fraction of sp³-hybridized carbons (Fsp3) is 0.406. The van der Waals surface area contributed by atoms with Gasteiger partial charge < -0.3 is 35.0 Å². The van der Waals surface area contributed by atoms with E-state index in [1.807, 2.05) is 50.6 Å². The number of likely N-dealkylation sites (N-methyl/N-ethyl adjacent to an activating group) is 2. The summed E-state index contributed by atoms with van der Waals surface area (Å²) in [6.45, 7) is 4.90. The highest BCUT2D eigenvalue weighted by atomic mass is 19.4. The minimum Gasteiger partial charge on any atom is -0.497 e. The van der Waals surface area contributed by atoms with Crippen molar-refractivity contribution in [3.05, 3.63) is 59.9 Å². The van der Waals surface area contributed by atoms with Gasteiger partial charge in [-0.15, -0.1) is 0 Å². The van der Waals surface area contributed by atoms with Crippen LogP contribution in [0.4, 0.5) is 45.2 Å². The predicted molar refractivity (Wildman–Crippen MR) is 174 cm³/mol. The van der Waals surface area contributed by atoms with E-state index in [1.165, 1.54) is 5.56 Å². The molecule has 3 aromatic rings. The average molecular weight is 806 g/mol. The first-order valence-electron chi connectivity index (χ1n) is 15.3. The minimum absolute atomic E-state index is 0.0381.